The Morgan fingerprint density at radius 2 is 1.71 bits per heavy atom. The number of methoxy groups -OCH3 is 1. The third-order valence-electron chi connectivity index (χ3n) is 5.35. The first kappa shape index (κ1) is 20.7. The SMILES string of the molecule is COc1cccc(C2/C(=C(/O)c3ccc(Cl)cc3)C(=O)C(=O)N2c2ccccc2C)c1. The van der Waals surface area contributed by atoms with Crippen molar-refractivity contribution in [2.24, 2.45) is 0 Å². The standard InChI is InChI=1S/C25H20ClNO4/c1-15-6-3-4-9-20(15)27-22(17-7-5-8-19(14-17)31-2)21(24(29)25(27)30)23(28)16-10-12-18(26)13-11-16/h3-14,22,28H,1-2H3/b23-21-. The summed E-state index contributed by atoms with van der Waals surface area (Å²) in [6.45, 7) is 1.87. The molecule has 31 heavy (non-hydrogen) atoms. The largest absolute Gasteiger partial charge is 0.507 e. The zero-order valence-electron chi connectivity index (χ0n) is 17.0. The van der Waals surface area contributed by atoms with E-state index in [1.807, 2.05) is 25.1 Å². The second-order valence-corrected chi connectivity index (χ2v) is 7.68. The molecule has 0 aromatic heterocycles. The van der Waals surface area contributed by atoms with Crippen LogP contribution >= 0.6 is 11.6 Å². The maximum absolute atomic E-state index is 13.2. The molecule has 156 valence electrons. The fraction of sp³-hybridized carbons (Fsp3) is 0.120. The van der Waals surface area contributed by atoms with Crippen molar-refractivity contribution in [1.82, 2.24) is 0 Å². The highest BCUT2D eigenvalue weighted by atomic mass is 35.5. The number of benzene rings is 3. The maximum atomic E-state index is 13.2. The lowest BCUT2D eigenvalue weighted by atomic mass is 9.94. The third-order valence-corrected chi connectivity index (χ3v) is 5.60. The molecule has 4 rings (SSSR count). The van der Waals surface area contributed by atoms with Gasteiger partial charge in [-0.3, -0.25) is 14.5 Å². The van der Waals surface area contributed by atoms with E-state index < -0.39 is 17.7 Å². The summed E-state index contributed by atoms with van der Waals surface area (Å²) in [6, 6.07) is 20.1. The van der Waals surface area contributed by atoms with E-state index in [2.05, 4.69) is 0 Å². The van der Waals surface area contributed by atoms with E-state index in [1.54, 1.807) is 61.7 Å². The maximum Gasteiger partial charge on any atom is 0.300 e. The first-order valence-corrected chi connectivity index (χ1v) is 10.1. The molecule has 0 bridgehead atoms. The molecule has 0 radical (unpaired) electrons. The number of carbonyl (C=O) groups excluding carboxylic acids is 2. The van der Waals surface area contributed by atoms with Gasteiger partial charge in [0.05, 0.1) is 18.7 Å². The van der Waals surface area contributed by atoms with Gasteiger partial charge in [-0.15, -0.1) is 0 Å². The van der Waals surface area contributed by atoms with Crippen molar-refractivity contribution in [2.75, 3.05) is 12.0 Å². The Balaban J connectivity index is 1.97. The Morgan fingerprint density at radius 1 is 1.00 bits per heavy atom. The normalized spacial score (nSPS) is 17.8. The fourth-order valence-electron chi connectivity index (χ4n) is 3.80. The molecule has 0 aliphatic carbocycles. The molecule has 3 aromatic rings. The van der Waals surface area contributed by atoms with Crippen LogP contribution in [0.3, 0.4) is 0 Å². The Labute approximate surface area is 185 Å². The van der Waals surface area contributed by atoms with Gasteiger partial charge in [-0.1, -0.05) is 41.9 Å². The number of ether oxygens (including phenoxy) is 1. The summed E-state index contributed by atoms with van der Waals surface area (Å²) >= 11 is 5.97. The van der Waals surface area contributed by atoms with Crippen LogP contribution in [0.5, 0.6) is 5.75 Å². The summed E-state index contributed by atoms with van der Waals surface area (Å²) in [5.74, 6) is -1.11. The van der Waals surface area contributed by atoms with Gasteiger partial charge in [0.1, 0.15) is 11.5 Å². The molecule has 3 aromatic carbocycles. The summed E-state index contributed by atoms with van der Waals surface area (Å²) in [6.07, 6.45) is 0. The molecule has 1 unspecified atom stereocenters. The Bertz CT molecular complexity index is 1200. The van der Waals surface area contributed by atoms with Crippen molar-refractivity contribution in [3.8, 4) is 5.75 Å². The summed E-state index contributed by atoms with van der Waals surface area (Å²) in [7, 11) is 1.55. The number of aliphatic hydroxyl groups is 1. The second-order valence-electron chi connectivity index (χ2n) is 7.24. The number of aliphatic hydroxyl groups excluding tert-OH is 1. The molecule has 1 aliphatic rings. The van der Waals surface area contributed by atoms with Gasteiger partial charge in [0, 0.05) is 16.3 Å². The molecule has 1 amide bonds. The zero-order valence-corrected chi connectivity index (χ0v) is 17.8. The molecule has 0 spiro atoms. The fourth-order valence-corrected chi connectivity index (χ4v) is 3.93. The van der Waals surface area contributed by atoms with E-state index >= 15 is 0 Å². The number of hydrogen-bond acceptors (Lipinski definition) is 4. The molecule has 1 fully saturated rings. The number of amides is 1. The van der Waals surface area contributed by atoms with Gasteiger partial charge in [0.2, 0.25) is 0 Å². The van der Waals surface area contributed by atoms with E-state index in [4.69, 9.17) is 16.3 Å². The number of carbonyl (C=O) groups is 2. The smallest absolute Gasteiger partial charge is 0.300 e. The van der Waals surface area contributed by atoms with Gasteiger partial charge in [-0.05, 0) is 60.5 Å². The lowest BCUT2D eigenvalue weighted by Gasteiger charge is -2.27. The van der Waals surface area contributed by atoms with Gasteiger partial charge >= 0.3 is 0 Å². The molecule has 1 heterocycles. The van der Waals surface area contributed by atoms with E-state index in [9.17, 15) is 14.7 Å². The molecule has 1 aliphatic heterocycles. The number of rotatable bonds is 4. The zero-order chi connectivity index (χ0) is 22.1. The van der Waals surface area contributed by atoms with Crippen molar-refractivity contribution in [2.45, 2.75) is 13.0 Å². The van der Waals surface area contributed by atoms with Crippen LogP contribution in [0.1, 0.15) is 22.7 Å². The van der Waals surface area contributed by atoms with Crippen molar-refractivity contribution < 1.29 is 19.4 Å². The highest BCUT2D eigenvalue weighted by molar-refractivity contribution is 6.51. The number of aryl methyl sites for hydroxylation is 1. The van der Waals surface area contributed by atoms with Gasteiger partial charge < -0.3 is 9.84 Å². The number of ketones is 1. The van der Waals surface area contributed by atoms with Crippen LogP contribution in [0, 0.1) is 6.92 Å². The lowest BCUT2D eigenvalue weighted by molar-refractivity contribution is -0.132. The van der Waals surface area contributed by atoms with Gasteiger partial charge in [0.15, 0.2) is 0 Å². The predicted octanol–water partition coefficient (Wildman–Crippen LogP) is 5.28. The number of para-hydroxylation sites is 1. The number of nitrogens with zero attached hydrogens (tertiary/aromatic N) is 1. The molecule has 1 saturated heterocycles. The van der Waals surface area contributed by atoms with Crippen LogP contribution in [0.15, 0.2) is 78.4 Å². The second kappa shape index (κ2) is 8.28. The lowest BCUT2D eigenvalue weighted by Crippen LogP contribution is -2.30. The minimum Gasteiger partial charge on any atom is -0.507 e. The monoisotopic (exact) mass is 433 g/mol. The average Bonchev–Trinajstić information content (AvgIpc) is 3.05. The molecule has 1 atom stereocenters. The molecule has 1 N–H and O–H groups in total. The van der Waals surface area contributed by atoms with Gasteiger partial charge in [0.25, 0.3) is 11.7 Å². The van der Waals surface area contributed by atoms with E-state index in [0.717, 1.165) is 5.56 Å². The van der Waals surface area contributed by atoms with Crippen molar-refractivity contribution in [3.63, 3.8) is 0 Å². The summed E-state index contributed by atoms with van der Waals surface area (Å²) in [5, 5.41) is 11.6. The summed E-state index contributed by atoms with van der Waals surface area (Å²) in [4.78, 5) is 27.8. The minimum absolute atomic E-state index is 0.0174. The van der Waals surface area contributed by atoms with Crippen LogP contribution in [0.4, 0.5) is 5.69 Å². The van der Waals surface area contributed by atoms with E-state index in [-0.39, 0.29) is 11.3 Å². The third kappa shape index (κ3) is 3.68. The Kier molecular flexibility index (Phi) is 5.53. The quantitative estimate of drug-likeness (QED) is 0.345. The molecular formula is C25H20ClNO4. The topological polar surface area (TPSA) is 66.8 Å². The van der Waals surface area contributed by atoms with Gasteiger partial charge in [-0.2, -0.15) is 0 Å². The van der Waals surface area contributed by atoms with Crippen LogP contribution in [0.25, 0.3) is 5.76 Å². The van der Waals surface area contributed by atoms with Crippen molar-refractivity contribution in [1.29, 1.82) is 0 Å². The molecule has 5 nitrogen and oxygen atoms in total. The van der Waals surface area contributed by atoms with E-state index in [1.165, 1.54) is 4.90 Å². The minimum atomic E-state index is -0.813. The average molecular weight is 434 g/mol. The van der Waals surface area contributed by atoms with E-state index in [0.29, 0.717) is 27.6 Å². The van der Waals surface area contributed by atoms with Crippen molar-refractivity contribution >= 4 is 34.7 Å². The Hall–Kier alpha value is -3.57. The number of anilines is 1. The predicted molar refractivity (Wildman–Crippen MR) is 120 cm³/mol. The summed E-state index contributed by atoms with van der Waals surface area (Å²) in [5.41, 5.74) is 2.51. The van der Waals surface area contributed by atoms with Crippen LogP contribution in [0.2, 0.25) is 5.02 Å². The Morgan fingerprint density at radius 3 is 2.39 bits per heavy atom. The van der Waals surface area contributed by atoms with Crippen molar-refractivity contribution in [3.05, 3.63) is 100 Å². The highest BCUT2D eigenvalue weighted by Gasteiger charge is 2.47. The number of halogens is 1. The summed E-state index contributed by atoms with van der Waals surface area (Å²) < 4.78 is 5.34. The number of hydrogen-bond donors (Lipinski definition) is 1. The molecule has 6 heteroatoms. The van der Waals surface area contributed by atoms with Crippen LogP contribution in [-0.2, 0) is 9.59 Å². The van der Waals surface area contributed by atoms with Gasteiger partial charge in [-0.25, -0.2) is 0 Å². The highest BCUT2D eigenvalue weighted by Crippen LogP contribution is 2.43. The first-order chi connectivity index (χ1) is 14.9. The van der Waals surface area contributed by atoms with Crippen LogP contribution in [-0.4, -0.2) is 23.9 Å². The molecular weight excluding hydrogens is 414 g/mol. The van der Waals surface area contributed by atoms with Crippen LogP contribution < -0.4 is 9.64 Å². The first-order valence-electron chi connectivity index (χ1n) is 9.69. The molecule has 0 saturated carbocycles. The number of Topliss-reactive ketones (excluding diaryl/α,β-unsaturated/α-hetero) is 1.